The van der Waals surface area contributed by atoms with Crippen molar-refractivity contribution in [1.82, 2.24) is 15.5 Å². The molecule has 1 fully saturated rings. The summed E-state index contributed by atoms with van der Waals surface area (Å²) in [4.78, 5) is 27.4. The van der Waals surface area contributed by atoms with Gasteiger partial charge in [0.05, 0.1) is 18.0 Å². The van der Waals surface area contributed by atoms with Crippen LogP contribution in [-0.4, -0.2) is 63.7 Å². The molecule has 1 atom stereocenters. The summed E-state index contributed by atoms with van der Waals surface area (Å²) in [7, 11) is 3.29. The number of rotatable bonds is 7. The highest BCUT2D eigenvalue weighted by molar-refractivity contribution is 7.21. The fraction of sp³-hybridized carbons (Fsp3) is 0.474. The molecule has 2 amide bonds. The first kappa shape index (κ1) is 18.8. The zero-order valence-electron chi connectivity index (χ0n) is 15.2. The number of fused-ring (bicyclic) bond motifs is 1. The molecule has 0 unspecified atom stereocenters. The largest absolute Gasteiger partial charge is 0.383 e. The number of amides is 2. The van der Waals surface area contributed by atoms with Gasteiger partial charge in [0.2, 0.25) is 5.91 Å². The van der Waals surface area contributed by atoms with Crippen molar-refractivity contribution in [2.24, 2.45) is 0 Å². The lowest BCUT2D eigenvalue weighted by molar-refractivity contribution is -0.122. The van der Waals surface area contributed by atoms with Crippen molar-refractivity contribution in [3.63, 3.8) is 0 Å². The van der Waals surface area contributed by atoms with Crippen molar-refractivity contribution in [2.45, 2.75) is 12.3 Å². The van der Waals surface area contributed by atoms with Gasteiger partial charge in [0.1, 0.15) is 0 Å². The van der Waals surface area contributed by atoms with Crippen molar-refractivity contribution < 1.29 is 14.3 Å². The smallest absolute Gasteiger partial charge is 0.261 e. The number of likely N-dealkylation sites (tertiary alicyclic amines) is 1. The van der Waals surface area contributed by atoms with E-state index in [1.54, 1.807) is 25.5 Å². The molecule has 0 spiro atoms. The van der Waals surface area contributed by atoms with E-state index < -0.39 is 0 Å². The van der Waals surface area contributed by atoms with Gasteiger partial charge in [0.25, 0.3) is 5.91 Å². The second-order valence-corrected chi connectivity index (χ2v) is 7.54. The third-order valence-corrected chi connectivity index (χ3v) is 5.93. The predicted molar refractivity (Wildman–Crippen MR) is 104 cm³/mol. The van der Waals surface area contributed by atoms with Crippen LogP contribution < -0.4 is 10.6 Å². The van der Waals surface area contributed by atoms with E-state index in [0.717, 1.165) is 40.0 Å². The Bertz CT molecular complexity index is 789. The summed E-state index contributed by atoms with van der Waals surface area (Å²) < 4.78 is 6.09. The maximum absolute atomic E-state index is 12.4. The Labute approximate surface area is 157 Å². The number of nitrogens with zero attached hydrogens (tertiary/aromatic N) is 1. The summed E-state index contributed by atoms with van der Waals surface area (Å²) >= 11 is 1.55. The van der Waals surface area contributed by atoms with Crippen molar-refractivity contribution >= 4 is 33.2 Å². The third kappa shape index (κ3) is 4.06. The van der Waals surface area contributed by atoms with Crippen molar-refractivity contribution in [1.29, 1.82) is 0 Å². The molecular formula is C19H25N3O3S. The van der Waals surface area contributed by atoms with E-state index in [1.165, 1.54) is 0 Å². The molecule has 0 bridgehead atoms. The Kier molecular flexibility index (Phi) is 6.24. The van der Waals surface area contributed by atoms with Crippen LogP contribution in [0.5, 0.6) is 0 Å². The molecule has 140 valence electrons. The monoisotopic (exact) mass is 375 g/mol. The summed E-state index contributed by atoms with van der Waals surface area (Å²) in [5.74, 6) is 0.256. The van der Waals surface area contributed by atoms with Crippen molar-refractivity contribution in [3.05, 3.63) is 34.7 Å². The number of hydrogen-bond donors (Lipinski definition) is 2. The van der Waals surface area contributed by atoms with E-state index in [4.69, 9.17) is 4.74 Å². The molecule has 2 aromatic rings. The highest BCUT2D eigenvalue weighted by Crippen LogP contribution is 2.39. The first-order chi connectivity index (χ1) is 12.6. The minimum atomic E-state index is -0.0306. The lowest BCUT2D eigenvalue weighted by Gasteiger charge is -2.16. The van der Waals surface area contributed by atoms with E-state index in [0.29, 0.717) is 19.7 Å². The Morgan fingerprint density at radius 1 is 1.35 bits per heavy atom. The number of thiophene rings is 1. The molecule has 2 heterocycles. The number of hydrogen-bond acceptors (Lipinski definition) is 5. The standard InChI is InChI=1S/C19H25N3O3S/c1-20-19(24)18-17(14-5-3-4-6-15(14)26-18)13-7-9-22(11-13)12-16(23)21-8-10-25-2/h3-6,13H,7-12H2,1-2H3,(H,20,24)(H,21,23)/t13-/m0/s1. The molecule has 3 rings (SSSR count). The normalized spacial score (nSPS) is 17.5. The summed E-state index contributed by atoms with van der Waals surface area (Å²) in [5.41, 5.74) is 1.13. The zero-order chi connectivity index (χ0) is 18.5. The second-order valence-electron chi connectivity index (χ2n) is 6.48. The van der Waals surface area contributed by atoms with Gasteiger partial charge in [0.15, 0.2) is 0 Å². The third-order valence-electron chi connectivity index (χ3n) is 4.74. The minimum absolute atomic E-state index is 0.0180. The Morgan fingerprint density at radius 3 is 2.92 bits per heavy atom. The summed E-state index contributed by atoms with van der Waals surface area (Å²) in [6, 6.07) is 8.17. The van der Waals surface area contributed by atoms with E-state index in [1.807, 2.05) is 12.1 Å². The number of benzene rings is 1. The SMILES string of the molecule is CNC(=O)c1sc2ccccc2c1[C@H]1CCN(CC(=O)NCCOC)C1. The van der Waals surface area contributed by atoms with Crippen LogP contribution in [0.1, 0.15) is 27.6 Å². The first-order valence-corrected chi connectivity index (χ1v) is 9.67. The van der Waals surface area contributed by atoms with Crippen LogP contribution in [0, 0.1) is 0 Å². The van der Waals surface area contributed by atoms with Crippen LogP contribution in [0.4, 0.5) is 0 Å². The fourth-order valence-corrected chi connectivity index (χ4v) is 4.75. The van der Waals surface area contributed by atoms with Crippen LogP contribution in [0.2, 0.25) is 0 Å². The maximum Gasteiger partial charge on any atom is 0.261 e. The first-order valence-electron chi connectivity index (χ1n) is 8.85. The van der Waals surface area contributed by atoms with Gasteiger partial charge in [-0.1, -0.05) is 18.2 Å². The average molecular weight is 375 g/mol. The lowest BCUT2D eigenvalue weighted by atomic mass is 9.95. The molecular weight excluding hydrogens is 350 g/mol. The lowest BCUT2D eigenvalue weighted by Crippen LogP contribution is -2.37. The van der Waals surface area contributed by atoms with Crippen LogP contribution in [-0.2, 0) is 9.53 Å². The Morgan fingerprint density at radius 2 is 2.15 bits per heavy atom. The van der Waals surface area contributed by atoms with Gasteiger partial charge < -0.3 is 15.4 Å². The fourth-order valence-electron chi connectivity index (χ4n) is 3.52. The Hall–Kier alpha value is -1.96. The quantitative estimate of drug-likeness (QED) is 0.724. The van der Waals surface area contributed by atoms with Gasteiger partial charge in [-0.2, -0.15) is 0 Å². The summed E-state index contributed by atoms with van der Waals surface area (Å²) in [6.07, 6.45) is 0.954. The number of nitrogens with one attached hydrogen (secondary N) is 2. The number of carbonyl (C=O) groups excluding carboxylic acids is 2. The van der Waals surface area contributed by atoms with Gasteiger partial charge in [-0.3, -0.25) is 14.5 Å². The highest BCUT2D eigenvalue weighted by atomic mass is 32.1. The van der Waals surface area contributed by atoms with Crippen LogP contribution >= 0.6 is 11.3 Å². The molecule has 26 heavy (non-hydrogen) atoms. The number of ether oxygens (including phenoxy) is 1. The predicted octanol–water partition coefficient (Wildman–Crippen LogP) is 1.81. The number of carbonyl (C=O) groups is 2. The molecule has 0 aliphatic carbocycles. The molecule has 0 radical (unpaired) electrons. The van der Waals surface area contributed by atoms with Gasteiger partial charge in [0, 0.05) is 37.9 Å². The van der Waals surface area contributed by atoms with Crippen LogP contribution in [0.25, 0.3) is 10.1 Å². The van der Waals surface area contributed by atoms with E-state index in [2.05, 4.69) is 27.7 Å². The summed E-state index contributed by atoms with van der Waals surface area (Å²) in [5, 5.41) is 6.78. The van der Waals surface area contributed by atoms with Crippen molar-refractivity contribution in [2.75, 3.05) is 46.9 Å². The van der Waals surface area contributed by atoms with E-state index in [-0.39, 0.29) is 17.7 Å². The molecule has 6 nitrogen and oxygen atoms in total. The van der Waals surface area contributed by atoms with Gasteiger partial charge >= 0.3 is 0 Å². The van der Waals surface area contributed by atoms with Crippen LogP contribution in [0.3, 0.4) is 0 Å². The second kappa shape index (κ2) is 8.62. The van der Waals surface area contributed by atoms with Crippen LogP contribution in [0.15, 0.2) is 24.3 Å². The minimum Gasteiger partial charge on any atom is -0.383 e. The zero-order valence-corrected chi connectivity index (χ0v) is 16.0. The van der Waals surface area contributed by atoms with Gasteiger partial charge in [-0.05, 0) is 30.0 Å². The van der Waals surface area contributed by atoms with Gasteiger partial charge in [-0.25, -0.2) is 0 Å². The molecule has 7 heteroatoms. The molecule has 1 aliphatic heterocycles. The molecule has 1 aromatic heterocycles. The topological polar surface area (TPSA) is 70.7 Å². The molecule has 1 aromatic carbocycles. The maximum atomic E-state index is 12.4. The Balaban J connectivity index is 1.74. The molecule has 1 saturated heterocycles. The molecule has 2 N–H and O–H groups in total. The summed E-state index contributed by atoms with van der Waals surface area (Å²) in [6.45, 7) is 3.09. The van der Waals surface area contributed by atoms with Crippen molar-refractivity contribution in [3.8, 4) is 0 Å². The molecule has 1 aliphatic rings. The van der Waals surface area contributed by atoms with Gasteiger partial charge in [-0.15, -0.1) is 11.3 Å². The number of methoxy groups -OCH3 is 1. The van der Waals surface area contributed by atoms with E-state index >= 15 is 0 Å². The average Bonchev–Trinajstić information content (AvgIpc) is 3.25. The highest BCUT2D eigenvalue weighted by Gasteiger charge is 2.31. The van der Waals surface area contributed by atoms with E-state index in [9.17, 15) is 9.59 Å². The molecule has 0 saturated carbocycles.